The monoisotopic (exact) mass is 295 g/mol. The highest BCUT2D eigenvalue weighted by Crippen LogP contribution is 2.39. The molecule has 5 nitrogen and oxygen atoms in total. The molecule has 0 radical (unpaired) electrons. The predicted octanol–water partition coefficient (Wildman–Crippen LogP) is 1.48. The maximum Gasteiger partial charge on any atom is 0.137 e. The molecule has 0 amide bonds. The molecule has 0 saturated carbocycles. The van der Waals surface area contributed by atoms with E-state index >= 15 is 0 Å². The van der Waals surface area contributed by atoms with Crippen molar-refractivity contribution in [3.05, 3.63) is 48.1 Å². The SMILES string of the molecule is CC([C@H]1CO1)C(O)(Cn1cncn1)c1ccc(F)cc1F. The van der Waals surface area contributed by atoms with Gasteiger partial charge in [-0.2, -0.15) is 5.10 Å². The Bertz CT molecular complexity index is 631. The van der Waals surface area contributed by atoms with Crippen molar-refractivity contribution in [2.45, 2.75) is 25.2 Å². The highest BCUT2D eigenvalue weighted by Gasteiger charge is 2.47. The van der Waals surface area contributed by atoms with Crippen LogP contribution in [-0.2, 0) is 16.9 Å². The van der Waals surface area contributed by atoms with Crippen LogP contribution in [0.15, 0.2) is 30.9 Å². The zero-order valence-corrected chi connectivity index (χ0v) is 11.4. The lowest BCUT2D eigenvalue weighted by molar-refractivity contribution is -0.0479. The van der Waals surface area contributed by atoms with Gasteiger partial charge < -0.3 is 9.84 Å². The van der Waals surface area contributed by atoms with Gasteiger partial charge >= 0.3 is 0 Å². The number of aromatic nitrogens is 3. The lowest BCUT2D eigenvalue weighted by Crippen LogP contribution is -2.41. The van der Waals surface area contributed by atoms with Crippen LogP contribution in [0.3, 0.4) is 0 Å². The Hall–Kier alpha value is -1.86. The van der Waals surface area contributed by atoms with Crippen LogP contribution in [0, 0.1) is 17.6 Å². The van der Waals surface area contributed by atoms with Crippen molar-refractivity contribution in [2.24, 2.45) is 5.92 Å². The molecular formula is C14H15F2N3O2. The number of nitrogens with zero attached hydrogens (tertiary/aromatic N) is 3. The number of rotatable bonds is 5. The van der Waals surface area contributed by atoms with E-state index in [1.807, 2.05) is 0 Å². The van der Waals surface area contributed by atoms with Crippen LogP contribution in [-0.4, -0.2) is 32.6 Å². The van der Waals surface area contributed by atoms with E-state index in [9.17, 15) is 13.9 Å². The number of benzene rings is 1. The fraction of sp³-hybridized carbons (Fsp3) is 0.429. The minimum atomic E-state index is -1.56. The highest BCUT2D eigenvalue weighted by molar-refractivity contribution is 5.26. The van der Waals surface area contributed by atoms with Crippen molar-refractivity contribution in [3.8, 4) is 0 Å². The van der Waals surface area contributed by atoms with E-state index in [2.05, 4.69) is 10.1 Å². The Balaban J connectivity index is 2.01. The van der Waals surface area contributed by atoms with Gasteiger partial charge in [0.05, 0.1) is 19.3 Å². The normalized spacial score (nSPS) is 21.8. The van der Waals surface area contributed by atoms with Gasteiger partial charge in [0, 0.05) is 17.5 Å². The molecular weight excluding hydrogens is 280 g/mol. The molecule has 1 aromatic carbocycles. The Kier molecular flexibility index (Phi) is 3.46. The molecule has 0 spiro atoms. The number of ether oxygens (including phenoxy) is 1. The van der Waals surface area contributed by atoms with Crippen LogP contribution < -0.4 is 0 Å². The first-order valence-electron chi connectivity index (χ1n) is 6.62. The fourth-order valence-corrected chi connectivity index (χ4v) is 2.53. The second kappa shape index (κ2) is 5.16. The first kappa shape index (κ1) is 14.1. The van der Waals surface area contributed by atoms with Gasteiger partial charge in [0.15, 0.2) is 0 Å². The maximum absolute atomic E-state index is 14.1. The number of halogens is 2. The number of epoxide rings is 1. The van der Waals surface area contributed by atoms with E-state index in [0.29, 0.717) is 6.61 Å². The standard InChI is InChI=1S/C14H15F2N3O2/c1-9(13-5-21-13)14(20,6-19-8-17-7-18-19)11-3-2-10(15)4-12(11)16/h2-4,7-9,13,20H,5-6H2,1H3/t9?,13-,14?/m1/s1. The summed E-state index contributed by atoms with van der Waals surface area (Å²) < 4.78 is 33.9. The highest BCUT2D eigenvalue weighted by atomic mass is 19.1. The van der Waals surface area contributed by atoms with Crippen molar-refractivity contribution < 1.29 is 18.6 Å². The van der Waals surface area contributed by atoms with Crippen molar-refractivity contribution in [1.29, 1.82) is 0 Å². The maximum atomic E-state index is 14.1. The van der Waals surface area contributed by atoms with Crippen LogP contribution in [0.2, 0.25) is 0 Å². The smallest absolute Gasteiger partial charge is 0.137 e. The average molecular weight is 295 g/mol. The van der Waals surface area contributed by atoms with Gasteiger partial charge in [-0.15, -0.1) is 0 Å². The fourth-order valence-electron chi connectivity index (χ4n) is 2.53. The Morgan fingerprint density at radius 2 is 2.29 bits per heavy atom. The molecule has 1 aliphatic heterocycles. The third-order valence-electron chi connectivity index (χ3n) is 3.94. The van der Waals surface area contributed by atoms with Crippen LogP contribution in [0.4, 0.5) is 8.78 Å². The summed E-state index contributed by atoms with van der Waals surface area (Å²) in [6, 6.07) is 3.16. The van der Waals surface area contributed by atoms with E-state index < -0.39 is 17.2 Å². The predicted molar refractivity (Wildman–Crippen MR) is 69.2 cm³/mol. The number of aliphatic hydroxyl groups is 1. The van der Waals surface area contributed by atoms with Crippen LogP contribution >= 0.6 is 0 Å². The van der Waals surface area contributed by atoms with Crippen LogP contribution in [0.5, 0.6) is 0 Å². The summed E-state index contributed by atoms with van der Waals surface area (Å²) in [7, 11) is 0. The molecule has 0 bridgehead atoms. The molecule has 3 rings (SSSR count). The molecule has 1 saturated heterocycles. The van der Waals surface area contributed by atoms with Crippen molar-refractivity contribution in [1.82, 2.24) is 14.8 Å². The summed E-state index contributed by atoms with van der Waals surface area (Å²) in [5, 5.41) is 15.0. The third-order valence-corrected chi connectivity index (χ3v) is 3.94. The van der Waals surface area contributed by atoms with Gasteiger partial charge in [0.1, 0.15) is 29.9 Å². The van der Waals surface area contributed by atoms with E-state index in [1.54, 1.807) is 6.92 Å². The van der Waals surface area contributed by atoms with E-state index in [0.717, 1.165) is 12.1 Å². The topological polar surface area (TPSA) is 63.5 Å². The summed E-state index contributed by atoms with van der Waals surface area (Å²) >= 11 is 0. The van der Waals surface area contributed by atoms with Gasteiger partial charge in [-0.05, 0) is 6.07 Å². The molecule has 0 aliphatic carbocycles. The Morgan fingerprint density at radius 3 is 2.86 bits per heavy atom. The van der Waals surface area contributed by atoms with Crippen molar-refractivity contribution >= 4 is 0 Å². The van der Waals surface area contributed by atoms with Crippen molar-refractivity contribution in [2.75, 3.05) is 6.61 Å². The van der Waals surface area contributed by atoms with Gasteiger partial charge in [-0.1, -0.05) is 13.0 Å². The van der Waals surface area contributed by atoms with Crippen LogP contribution in [0.25, 0.3) is 0 Å². The van der Waals surface area contributed by atoms with E-state index in [1.165, 1.54) is 23.4 Å². The largest absolute Gasteiger partial charge is 0.383 e. The molecule has 1 N–H and O–H groups in total. The first-order chi connectivity index (χ1) is 10.0. The molecule has 21 heavy (non-hydrogen) atoms. The molecule has 1 fully saturated rings. The lowest BCUT2D eigenvalue weighted by atomic mass is 9.80. The first-order valence-corrected chi connectivity index (χ1v) is 6.62. The quantitative estimate of drug-likeness (QED) is 0.849. The van der Waals surface area contributed by atoms with Crippen LogP contribution in [0.1, 0.15) is 12.5 Å². The molecule has 2 unspecified atom stereocenters. The summed E-state index contributed by atoms with van der Waals surface area (Å²) in [5.74, 6) is -1.85. The third kappa shape index (κ3) is 2.66. The second-order valence-electron chi connectivity index (χ2n) is 5.30. The Morgan fingerprint density at radius 1 is 1.52 bits per heavy atom. The zero-order chi connectivity index (χ0) is 15.0. The average Bonchev–Trinajstić information content (AvgIpc) is 3.16. The number of hydrogen-bond donors (Lipinski definition) is 1. The minimum Gasteiger partial charge on any atom is -0.383 e. The molecule has 3 atom stereocenters. The van der Waals surface area contributed by atoms with Gasteiger partial charge in [-0.25, -0.2) is 18.4 Å². The van der Waals surface area contributed by atoms with E-state index in [-0.39, 0.29) is 24.1 Å². The molecule has 112 valence electrons. The summed E-state index contributed by atoms with van der Waals surface area (Å²) in [4.78, 5) is 3.81. The molecule has 7 heteroatoms. The summed E-state index contributed by atoms with van der Waals surface area (Å²) in [6.07, 6.45) is 2.62. The van der Waals surface area contributed by atoms with Gasteiger partial charge in [-0.3, -0.25) is 0 Å². The zero-order valence-electron chi connectivity index (χ0n) is 11.4. The second-order valence-corrected chi connectivity index (χ2v) is 5.30. The molecule has 2 aromatic rings. The van der Waals surface area contributed by atoms with Gasteiger partial charge in [0.25, 0.3) is 0 Å². The van der Waals surface area contributed by atoms with Gasteiger partial charge in [0.2, 0.25) is 0 Å². The van der Waals surface area contributed by atoms with Crippen molar-refractivity contribution in [3.63, 3.8) is 0 Å². The Labute approximate surface area is 120 Å². The van der Waals surface area contributed by atoms with E-state index in [4.69, 9.17) is 4.74 Å². The molecule has 1 aromatic heterocycles. The molecule has 1 aliphatic rings. The minimum absolute atomic E-state index is 0.0105. The molecule has 2 heterocycles. The summed E-state index contributed by atoms with van der Waals surface area (Å²) in [6.45, 7) is 2.30. The summed E-state index contributed by atoms with van der Waals surface area (Å²) in [5.41, 5.74) is -1.53. The number of hydrogen-bond acceptors (Lipinski definition) is 4. The lowest BCUT2D eigenvalue weighted by Gasteiger charge is -2.34.